The van der Waals surface area contributed by atoms with Crippen molar-refractivity contribution >= 4 is 34.2 Å². The quantitative estimate of drug-likeness (QED) is 0.606. The monoisotopic (exact) mass is 435 g/mol. The third-order valence-corrected chi connectivity index (χ3v) is 6.76. The van der Waals surface area contributed by atoms with Crippen LogP contribution in [0.1, 0.15) is 13.3 Å². The maximum Gasteiger partial charge on any atom is 0.247 e. The molecule has 1 saturated heterocycles. The standard InChI is InChI=1S/C25H29N3O4/c1-3-15-9-11-19-21(20(15)23(30)26-2)25(32)28(12-13-29)22(19)24(31)27-18-10-8-16-6-4-5-7-17(16)14-18/h4-11,14-15,19-22,29H,3,12-13H2,1-2H3,(H,26,30)(H,27,31)/t15-,19+,20-,21-,22+/m1/s1. The summed E-state index contributed by atoms with van der Waals surface area (Å²) in [6, 6.07) is 12.8. The average molecular weight is 436 g/mol. The van der Waals surface area contributed by atoms with E-state index >= 15 is 0 Å². The van der Waals surface area contributed by atoms with Crippen molar-refractivity contribution in [2.75, 3.05) is 25.5 Å². The van der Waals surface area contributed by atoms with Gasteiger partial charge in [-0.25, -0.2) is 0 Å². The van der Waals surface area contributed by atoms with Crippen LogP contribution in [0.5, 0.6) is 0 Å². The van der Waals surface area contributed by atoms with Gasteiger partial charge < -0.3 is 20.6 Å². The molecule has 0 aromatic heterocycles. The predicted octanol–water partition coefficient (Wildman–Crippen LogP) is 2.17. The van der Waals surface area contributed by atoms with Crippen molar-refractivity contribution in [1.82, 2.24) is 10.2 Å². The van der Waals surface area contributed by atoms with Crippen LogP contribution in [0.3, 0.4) is 0 Å². The maximum atomic E-state index is 13.4. The molecular formula is C25H29N3O4. The molecule has 7 nitrogen and oxygen atoms in total. The van der Waals surface area contributed by atoms with E-state index in [4.69, 9.17) is 0 Å². The first-order chi connectivity index (χ1) is 15.5. The number of aliphatic hydroxyl groups excluding tert-OH is 1. The first-order valence-corrected chi connectivity index (χ1v) is 11.1. The van der Waals surface area contributed by atoms with Crippen molar-refractivity contribution in [3.8, 4) is 0 Å². The zero-order chi connectivity index (χ0) is 22.8. The van der Waals surface area contributed by atoms with Crippen LogP contribution >= 0.6 is 0 Å². The van der Waals surface area contributed by atoms with Gasteiger partial charge in [0, 0.05) is 25.2 Å². The number of allylic oxidation sites excluding steroid dienone is 1. The van der Waals surface area contributed by atoms with Crippen LogP contribution in [0.25, 0.3) is 10.8 Å². The summed E-state index contributed by atoms with van der Waals surface area (Å²) in [5, 5.41) is 17.3. The fourth-order valence-corrected chi connectivity index (χ4v) is 5.24. The molecule has 2 aliphatic rings. The first kappa shape index (κ1) is 22.0. The highest BCUT2D eigenvalue weighted by Crippen LogP contribution is 2.45. The molecular weight excluding hydrogens is 406 g/mol. The van der Waals surface area contributed by atoms with E-state index in [1.54, 1.807) is 7.05 Å². The van der Waals surface area contributed by atoms with E-state index in [-0.39, 0.29) is 36.8 Å². The van der Waals surface area contributed by atoms with Crippen LogP contribution in [0.15, 0.2) is 54.6 Å². The zero-order valence-corrected chi connectivity index (χ0v) is 18.3. The second-order valence-electron chi connectivity index (χ2n) is 8.45. The summed E-state index contributed by atoms with van der Waals surface area (Å²) in [5.41, 5.74) is 0.641. The third kappa shape index (κ3) is 3.77. The van der Waals surface area contributed by atoms with Crippen LogP contribution in [0.2, 0.25) is 0 Å². The van der Waals surface area contributed by atoms with E-state index in [2.05, 4.69) is 10.6 Å². The lowest BCUT2D eigenvalue weighted by Gasteiger charge is -2.33. The van der Waals surface area contributed by atoms with Gasteiger partial charge in [0.15, 0.2) is 0 Å². The molecule has 1 heterocycles. The van der Waals surface area contributed by atoms with Gasteiger partial charge in [0.1, 0.15) is 6.04 Å². The minimum absolute atomic E-state index is 0.0483. The Morgan fingerprint density at radius 3 is 2.50 bits per heavy atom. The molecule has 2 aromatic rings. The number of benzene rings is 2. The van der Waals surface area contributed by atoms with E-state index in [0.29, 0.717) is 5.69 Å². The number of nitrogens with zero attached hydrogens (tertiary/aromatic N) is 1. The summed E-state index contributed by atoms with van der Waals surface area (Å²) < 4.78 is 0. The molecule has 7 heteroatoms. The molecule has 32 heavy (non-hydrogen) atoms. The Labute approximate surface area is 187 Å². The molecule has 0 unspecified atom stereocenters. The Bertz CT molecular complexity index is 1070. The number of anilines is 1. The SMILES string of the molecule is CC[C@@H]1C=C[C@H]2[C@@H](C(=O)N(CCO)[C@@H]2C(=O)Nc2ccc3ccccc3c2)[C@@H]1C(=O)NC. The number of aliphatic hydroxyl groups is 1. The van der Waals surface area contributed by atoms with Gasteiger partial charge in [-0.1, -0.05) is 49.4 Å². The molecule has 3 N–H and O–H groups in total. The summed E-state index contributed by atoms with van der Waals surface area (Å²) in [4.78, 5) is 40.9. The molecule has 0 saturated carbocycles. The number of fused-ring (bicyclic) bond motifs is 2. The molecule has 5 atom stereocenters. The van der Waals surface area contributed by atoms with Crippen molar-refractivity contribution in [2.24, 2.45) is 23.7 Å². The summed E-state index contributed by atoms with van der Waals surface area (Å²) in [5.74, 6) is -2.41. The van der Waals surface area contributed by atoms with Gasteiger partial charge in [-0.05, 0) is 35.2 Å². The van der Waals surface area contributed by atoms with Gasteiger partial charge in [-0.2, -0.15) is 0 Å². The Balaban J connectivity index is 1.66. The minimum Gasteiger partial charge on any atom is -0.395 e. The number of β-amino-alcohol motifs (C(OH)–C–C–N with tert-alkyl or cyclic N) is 1. The average Bonchev–Trinajstić information content (AvgIpc) is 3.09. The number of hydrogen-bond acceptors (Lipinski definition) is 4. The molecule has 4 rings (SSSR count). The molecule has 0 bridgehead atoms. The van der Waals surface area contributed by atoms with E-state index in [9.17, 15) is 19.5 Å². The van der Waals surface area contributed by atoms with E-state index < -0.39 is 23.8 Å². The van der Waals surface area contributed by atoms with Crippen LogP contribution in [-0.4, -0.2) is 54.0 Å². The number of carbonyl (C=O) groups is 3. The predicted molar refractivity (Wildman–Crippen MR) is 123 cm³/mol. The summed E-state index contributed by atoms with van der Waals surface area (Å²) in [7, 11) is 1.57. The summed E-state index contributed by atoms with van der Waals surface area (Å²) >= 11 is 0. The van der Waals surface area contributed by atoms with Crippen LogP contribution in [0, 0.1) is 23.7 Å². The van der Waals surface area contributed by atoms with Crippen molar-refractivity contribution in [1.29, 1.82) is 0 Å². The topological polar surface area (TPSA) is 98.7 Å². The second kappa shape index (κ2) is 9.12. The largest absolute Gasteiger partial charge is 0.395 e. The highest BCUT2D eigenvalue weighted by molar-refractivity contribution is 6.02. The second-order valence-corrected chi connectivity index (χ2v) is 8.45. The van der Waals surface area contributed by atoms with Gasteiger partial charge in [-0.3, -0.25) is 14.4 Å². The van der Waals surface area contributed by atoms with E-state index in [1.807, 2.05) is 61.5 Å². The normalized spacial score (nSPS) is 26.8. The Hall–Kier alpha value is -3.19. The highest BCUT2D eigenvalue weighted by Gasteiger charge is 2.56. The Morgan fingerprint density at radius 2 is 1.81 bits per heavy atom. The Morgan fingerprint density at radius 1 is 1.06 bits per heavy atom. The fourth-order valence-electron chi connectivity index (χ4n) is 5.24. The zero-order valence-electron chi connectivity index (χ0n) is 18.3. The van der Waals surface area contributed by atoms with Gasteiger partial charge in [0.05, 0.1) is 18.4 Å². The fraction of sp³-hybridized carbons (Fsp3) is 0.400. The molecule has 168 valence electrons. The third-order valence-electron chi connectivity index (χ3n) is 6.76. The van der Waals surface area contributed by atoms with E-state index in [1.165, 1.54) is 4.90 Å². The number of nitrogens with one attached hydrogen (secondary N) is 2. The van der Waals surface area contributed by atoms with Crippen LogP contribution < -0.4 is 10.6 Å². The van der Waals surface area contributed by atoms with Crippen molar-refractivity contribution in [3.63, 3.8) is 0 Å². The van der Waals surface area contributed by atoms with E-state index in [0.717, 1.165) is 17.2 Å². The summed E-state index contributed by atoms with van der Waals surface area (Å²) in [6.07, 6.45) is 4.60. The molecule has 1 fully saturated rings. The molecule has 3 amide bonds. The number of carbonyl (C=O) groups excluding carboxylic acids is 3. The van der Waals surface area contributed by atoms with Crippen molar-refractivity contribution in [3.05, 3.63) is 54.6 Å². The molecule has 0 radical (unpaired) electrons. The van der Waals surface area contributed by atoms with Gasteiger partial charge in [0.25, 0.3) is 0 Å². The van der Waals surface area contributed by atoms with Crippen molar-refractivity contribution in [2.45, 2.75) is 19.4 Å². The number of likely N-dealkylation sites (tertiary alicyclic amines) is 1. The van der Waals surface area contributed by atoms with Crippen LogP contribution in [-0.2, 0) is 14.4 Å². The molecule has 0 spiro atoms. The number of hydrogen-bond donors (Lipinski definition) is 3. The number of rotatable bonds is 6. The number of amides is 3. The smallest absolute Gasteiger partial charge is 0.247 e. The lowest BCUT2D eigenvalue weighted by atomic mass is 9.69. The van der Waals surface area contributed by atoms with Crippen LogP contribution in [0.4, 0.5) is 5.69 Å². The Kier molecular flexibility index (Phi) is 6.28. The molecule has 2 aromatic carbocycles. The van der Waals surface area contributed by atoms with Gasteiger partial charge in [-0.15, -0.1) is 0 Å². The lowest BCUT2D eigenvalue weighted by Crippen LogP contribution is -2.45. The minimum atomic E-state index is -0.785. The highest BCUT2D eigenvalue weighted by atomic mass is 16.3. The van der Waals surface area contributed by atoms with Crippen molar-refractivity contribution < 1.29 is 19.5 Å². The van der Waals surface area contributed by atoms with Gasteiger partial charge >= 0.3 is 0 Å². The van der Waals surface area contributed by atoms with Gasteiger partial charge in [0.2, 0.25) is 17.7 Å². The molecule has 1 aliphatic heterocycles. The molecule has 1 aliphatic carbocycles. The maximum absolute atomic E-state index is 13.4. The summed E-state index contributed by atoms with van der Waals surface area (Å²) in [6.45, 7) is 1.78. The lowest BCUT2D eigenvalue weighted by molar-refractivity contribution is -0.140. The first-order valence-electron chi connectivity index (χ1n) is 11.1.